The molecule has 0 heterocycles. The van der Waals surface area contributed by atoms with Crippen LogP contribution >= 0.6 is 12.6 Å². The zero-order valence-electron chi connectivity index (χ0n) is 5.98. The molecule has 0 aromatic heterocycles. The summed E-state index contributed by atoms with van der Waals surface area (Å²) in [6.07, 6.45) is 0. The normalized spacial score (nSPS) is 9.42. The van der Waals surface area contributed by atoms with Gasteiger partial charge in [-0.3, -0.25) is 0 Å². The molecular weight excluding hydrogens is 239 g/mol. The molecule has 0 N–H and O–H groups in total. The van der Waals surface area contributed by atoms with Crippen molar-refractivity contribution in [1.82, 2.24) is 0 Å². The van der Waals surface area contributed by atoms with Crippen molar-refractivity contribution in [1.29, 1.82) is 0 Å². The fourth-order valence-corrected chi connectivity index (χ4v) is 1.18. The average Bonchev–Trinajstić information content (AvgIpc) is 2.04. The first-order valence-corrected chi connectivity index (χ1v) is 4.46. The van der Waals surface area contributed by atoms with Gasteiger partial charge in [0.2, 0.25) is 0 Å². The Labute approximate surface area is 83.6 Å². The SMILES string of the molecule is O=C(S)c1ccc(C(=O)[Se])cc1. The third-order valence-electron chi connectivity index (χ3n) is 1.37. The molecule has 0 fully saturated rings. The minimum atomic E-state index is -0.297. The Hall–Kier alpha value is -0.571. The summed E-state index contributed by atoms with van der Waals surface area (Å²) in [5.41, 5.74) is 1.04. The molecule has 0 aliphatic rings. The van der Waals surface area contributed by atoms with Crippen molar-refractivity contribution < 1.29 is 9.59 Å². The molecule has 1 aromatic rings. The molecule has 2 nitrogen and oxygen atoms in total. The third-order valence-corrected chi connectivity index (χ3v) is 2.12. The Bertz CT molecular complexity index is 285. The first-order chi connectivity index (χ1) is 5.61. The molecule has 0 aliphatic heterocycles. The summed E-state index contributed by atoms with van der Waals surface area (Å²) in [6, 6.07) is 6.31. The van der Waals surface area contributed by atoms with Gasteiger partial charge >= 0.3 is 83.4 Å². The molecule has 1 aromatic carbocycles. The van der Waals surface area contributed by atoms with E-state index in [0.29, 0.717) is 11.1 Å². The summed E-state index contributed by atoms with van der Waals surface area (Å²) < 4.78 is -0.131. The van der Waals surface area contributed by atoms with Gasteiger partial charge in [0.1, 0.15) is 0 Å². The van der Waals surface area contributed by atoms with Gasteiger partial charge < -0.3 is 0 Å². The van der Waals surface area contributed by atoms with Gasteiger partial charge in [-0.2, -0.15) is 0 Å². The molecule has 0 amide bonds. The number of hydrogen-bond acceptors (Lipinski definition) is 2. The van der Waals surface area contributed by atoms with Gasteiger partial charge in [0.05, 0.1) is 0 Å². The van der Waals surface area contributed by atoms with E-state index in [-0.39, 0.29) is 9.80 Å². The van der Waals surface area contributed by atoms with E-state index in [1.807, 2.05) is 0 Å². The van der Waals surface area contributed by atoms with Crippen LogP contribution in [-0.2, 0) is 0 Å². The second-order valence-electron chi connectivity index (χ2n) is 2.17. The van der Waals surface area contributed by atoms with Crippen molar-refractivity contribution in [2.45, 2.75) is 0 Å². The van der Waals surface area contributed by atoms with Crippen LogP contribution in [0.4, 0.5) is 0 Å². The molecule has 0 bridgehead atoms. The molecule has 0 atom stereocenters. The predicted octanol–water partition coefficient (Wildman–Crippen LogP) is 1.07. The van der Waals surface area contributed by atoms with E-state index in [9.17, 15) is 9.59 Å². The summed E-state index contributed by atoms with van der Waals surface area (Å²) >= 11 is 6.00. The minimum absolute atomic E-state index is 0.131. The maximum absolute atomic E-state index is 10.8. The van der Waals surface area contributed by atoms with Crippen LogP contribution < -0.4 is 0 Å². The van der Waals surface area contributed by atoms with E-state index in [1.165, 1.54) is 0 Å². The molecular formula is C8H5O2SSe. The number of hydrogen-bond donors (Lipinski definition) is 1. The Balaban J connectivity index is 3.01. The van der Waals surface area contributed by atoms with E-state index in [2.05, 4.69) is 28.6 Å². The summed E-state index contributed by atoms with van der Waals surface area (Å²) in [6.45, 7) is 0. The summed E-state index contributed by atoms with van der Waals surface area (Å²) in [4.78, 5) is 21.5. The van der Waals surface area contributed by atoms with Crippen LogP contribution in [0.15, 0.2) is 24.3 Å². The summed E-state index contributed by atoms with van der Waals surface area (Å²) in [5, 5.41) is -0.297. The van der Waals surface area contributed by atoms with E-state index < -0.39 is 0 Å². The fraction of sp³-hybridized carbons (Fsp3) is 0. The van der Waals surface area contributed by atoms with Crippen molar-refractivity contribution in [2.75, 3.05) is 0 Å². The van der Waals surface area contributed by atoms with Crippen LogP contribution in [-0.4, -0.2) is 25.8 Å². The number of benzene rings is 1. The van der Waals surface area contributed by atoms with Gasteiger partial charge in [-0.15, -0.1) is 0 Å². The third kappa shape index (κ3) is 2.21. The number of carbonyl (C=O) groups is 2. The molecule has 1 rings (SSSR count). The van der Waals surface area contributed by atoms with Crippen LogP contribution in [0.5, 0.6) is 0 Å². The van der Waals surface area contributed by atoms with E-state index in [0.717, 1.165) is 0 Å². The maximum atomic E-state index is 10.8. The fourth-order valence-electron chi connectivity index (χ4n) is 0.749. The number of thiol groups is 1. The summed E-state index contributed by atoms with van der Waals surface area (Å²) in [7, 11) is 0. The van der Waals surface area contributed by atoms with Gasteiger partial charge in [-0.25, -0.2) is 0 Å². The zero-order chi connectivity index (χ0) is 9.14. The zero-order valence-corrected chi connectivity index (χ0v) is 8.59. The van der Waals surface area contributed by atoms with Gasteiger partial charge in [-0.1, -0.05) is 0 Å². The van der Waals surface area contributed by atoms with Crippen LogP contribution in [0.2, 0.25) is 0 Å². The van der Waals surface area contributed by atoms with Crippen molar-refractivity contribution in [2.24, 2.45) is 0 Å². The van der Waals surface area contributed by atoms with E-state index >= 15 is 0 Å². The molecule has 0 saturated carbocycles. The van der Waals surface area contributed by atoms with Crippen LogP contribution in [0, 0.1) is 0 Å². The van der Waals surface area contributed by atoms with Crippen LogP contribution in [0.1, 0.15) is 20.7 Å². The first-order valence-electron chi connectivity index (χ1n) is 3.16. The molecule has 1 radical (unpaired) electrons. The van der Waals surface area contributed by atoms with Crippen molar-refractivity contribution in [3.05, 3.63) is 35.4 Å². The second kappa shape index (κ2) is 3.90. The Kier molecular flexibility index (Phi) is 3.09. The molecule has 0 saturated heterocycles. The Morgan fingerprint density at radius 1 is 1.08 bits per heavy atom. The second-order valence-corrected chi connectivity index (χ2v) is 3.35. The number of carbonyl (C=O) groups excluding carboxylic acids is 2. The molecule has 0 aliphatic carbocycles. The first kappa shape index (κ1) is 9.52. The average molecular weight is 244 g/mol. The van der Waals surface area contributed by atoms with E-state index in [4.69, 9.17) is 0 Å². The summed E-state index contributed by atoms with van der Waals surface area (Å²) in [5.74, 6) is 0. The van der Waals surface area contributed by atoms with Gasteiger partial charge in [0, 0.05) is 0 Å². The van der Waals surface area contributed by atoms with Gasteiger partial charge in [0.15, 0.2) is 0 Å². The van der Waals surface area contributed by atoms with Crippen LogP contribution in [0.3, 0.4) is 0 Å². The molecule has 0 unspecified atom stereocenters. The van der Waals surface area contributed by atoms with Gasteiger partial charge in [0.25, 0.3) is 0 Å². The molecule has 61 valence electrons. The predicted molar refractivity (Wildman–Crippen MR) is 49.8 cm³/mol. The standard InChI is InChI=1S/C8H5O2SSe/c9-7(11)5-1-3-6(4-2-5)8(10)12/h1-4H,(H,9,11). The van der Waals surface area contributed by atoms with Crippen molar-refractivity contribution in [3.8, 4) is 0 Å². The van der Waals surface area contributed by atoms with E-state index in [1.54, 1.807) is 24.3 Å². The molecule has 12 heavy (non-hydrogen) atoms. The topological polar surface area (TPSA) is 34.1 Å². The number of rotatable bonds is 2. The van der Waals surface area contributed by atoms with Crippen LogP contribution in [0.25, 0.3) is 0 Å². The van der Waals surface area contributed by atoms with Crippen molar-refractivity contribution >= 4 is 38.4 Å². The van der Waals surface area contributed by atoms with Crippen molar-refractivity contribution in [3.63, 3.8) is 0 Å². The van der Waals surface area contributed by atoms with Gasteiger partial charge in [-0.05, 0) is 0 Å². The monoisotopic (exact) mass is 245 g/mol. The molecule has 0 spiro atoms. The quantitative estimate of drug-likeness (QED) is 0.623. The molecule has 4 heteroatoms. The Morgan fingerprint density at radius 2 is 1.50 bits per heavy atom. The Morgan fingerprint density at radius 3 is 1.83 bits per heavy atom.